The lowest BCUT2D eigenvalue weighted by Crippen LogP contribution is -2.36. The molecule has 1 amide bonds. The van der Waals surface area contributed by atoms with Gasteiger partial charge in [-0.05, 0) is 26.0 Å². The molecule has 6 heteroatoms. The summed E-state index contributed by atoms with van der Waals surface area (Å²) in [5, 5.41) is 9.21. The monoisotopic (exact) mass is 299 g/mol. The summed E-state index contributed by atoms with van der Waals surface area (Å²) in [6.07, 6.45) is -0.0736. The van der Waals surface area contributed by atoms with E-state index in [2.05, 4.69) is 0 Å². The number of rotatable bonds is 7. The number of aliphatic carboxylic acids is 1. The van der Waals surface area contributed by atoms with Gasteiger partial charge in [0.2, 0.25) is 0 Å². The minimum absolute atomic E-state index is 0.0736. The van der Waals surface area contributed by atoms with Crippen LogP contribution < -0.4 is 4.74 Å². The van der Waals surface area contributed by atoms with Crippen molar-refractivity contribution < 1.29 is 19.4 Å². The summed E-state index contributed by atoms with van der Waals surface area (Å²) in [7, 11) is 0. The van der Waals surface area contributed by atoms with Gasteiger partial charge >= 0.3 is 5.97 Å². The van der Waals surface area contributed by atoms with E-state index in [4.69, 9.17) is 21.4 Å². The predicted octanol–water partition coefficient (Wildman–Crippen LogP) is 2.35. The standard InChI is InChI=1S/C14H18ClNO4/c1-3-16(8-7-14(18)19)13(17)9-20-12-6-4-5-11(15)10(12)2/h4-6H,3,7-9H2,1-2H3,(H,18,19). The van der Waals surface area contributed by atoms with Crippen LogP contribution in [0, 0.1) is 6.92 Å². The fourth-order valence-corrected chi connectivity index (χ4v) is 1.83. The van der Waals surface area contributed by atoms with Crippen LogP contribution in [0.4, 0.5) is 0 Å². The SMILES string of the molecule is CCN(CCC(=O)O)C(=O)COc1cccc(Cl)c1C. The lowest BCUT2D eigenvalue weighted by atomic mass is 10.2. The van der Waals surface area contributed by atoms with Gasteiger partial charge in [-0.2, -0.15) is 0 Å². The molecule has 1 aromatic carbocycles. The largest absolute Gasteiger partial charge is 0.483 e. The zero-order valence-corrected chi connectivity index (χ0v) is 12.3. The summed E-state index contributed by atoms with van der Waals surface area (Å²) < 4.78 is 5.45. The van der Waals surface area contributed by atoms with E-state index in [0.29, 0.717) is 17.3 Å². The van der Waals surface area contributed by atoms with Crippen molar-refractivity contribution in [1.82, 2.24) is 4.90 Å². The van der Waals surface area contributed by atoms with Crippen molar-refractivity contribution in [3.63, 3.8) is 0 Å². The minimum Gasteiger partial charge on any atom is -0.483 e. The highest BCUT2D eigenvalue weighted by Crippen LogP contribution is 2.24. The van der Waals surface area contributed by atoms with Gasteiger partial charge in [0, 0.05) is 23.7 Å². The Bertz CT molecular complexity index is 490. The summed E-state index contributed by atoms with van der Waals surface area (Å²) in [5.74, 6) is -0.615. The Hall–Kier alpha value is -1.75. The number of likely N-dealkylation sites (N-methyl/N-ethyl adjacent to an activating group) is 1. The second-order valence-corrected chi connectivity index (χ2v) is 4.68. The summed E-state index contributed by atoms with van der Waals surface area (Å²) in [5.41, 5.74) is 0.774. The number of halogens is 1. The number of carboxylic acids is 1. The zero-order valence-electron chi connectivity index (χ0n) is 11.6. The van der Waals surface area contributed by atoms with Gasteiger partial charge in [-0.3, -0.25) is 9.59 Å². The van der Waals surface area contributed by atoms with Gasteiger partial charge in [-0.1, -0.05) is 17.7 Å². The van der Waals surface area contributed by atoms with Gasteiger partial charge in [0.15, 0.2) is 6.61 Å². The molecule has 1 N–H and O–H groups in total. The van der Waals surface area contributed by atoms with Crippen molar-refractivity contribution in [2.24, 2.45) is 0 Å². The molecule has 0 aliphatic carbocycles. The van der Waals surface area contributed by atoms with E-state index >= 15 is 0 Å². The maximum atomic E-state index is 11.9. The Morgan fingerprint density at radius 1 is 1.40 bits per heavy atom. The van der Waals surface area contributed by atoms with Gasteiger partial charge in [-0.25, -0.2) is 0 Å². The second-order valence-electron chi connectivity index (χ2n) is 4.27. The lowest BCUT2D eigenvalue weighted by molar-refractivity contribution is -0.139. The minimum atomic E-state index is -0.928. The van der Waals surface area contributed by atoms with Crippen LogP contribution in [0.3, 0.4) is 0 Å². The molecule has 0 aliphatic heterocycles. The molecule has 1 aromatic rings. The maximum absolute atomic E-state index is 11.9. The van der Waals surface area contributed by atoms with Gasteiger partial charge < -0.3 is 14.7 Å². The van der Waals surface area contributed by atoms with Crippen molar-refractivity contribution in [3.05, 3.63) is 28.8 Å². The van der Waals surface area contributed by atoms with Crippen LogP contribution in [0.25, 0.3) is 0 Å². The average Bonchev–Trinajstić information content (AvgIpc) is 2.40. The van der Waals surface area contributed by atoms with E-state index in [9.17, 15) is 9.59 Å². The highest BCUT2D eigenvalue weighted by molar-refractivity contribution is 6.31. The molecule has 20 heavy (non-hydrogen) atoms. The first kappa shape index (κ1) is 16.3. The van der Waals surface area contributed by atoms with Crippen molar-refractivity contribution >= 4 is 23.5 Å². The summed E-state index contributed by atoms with van der Waals surface area (Å²) in [4.78, 5) is 23.9. The topological polar surface area (TPSA) is 66.8 Å². The van der Waals surface area contributed by atoms with Crippen LogP contribution in [0.15, 0.2) is 18.2 Å². The average molecular weight is 300 g/mol. The van der Waals surface area contributed by atoms with Crippen molar-refractivity contribution in [2.45, 2.75) is 20.3 Å². The Kier molecular flexibility index (Phi) is 6.31. The number of carbonyl (C=O) groups is 2. The second kappa shape index (κ2) is 7.75. The number of carboxylic acid groups (broad SMARTS) is 1. The van der Waals surface area contributed by atoms with Crippen molar-refractivity contribution in [3.8, 4) is 5.75 Å². The Labute approximate surface area is 123 Å². The van der Waals surface area contributed by atoms with E-state index in [-0.39, 0.29) is 25.5 Å². The Morgan fingerprint density at radius 3 is 2.70 bits per heavy atom. The van der Waals surface area contributed by atoms with Gasteiger partial charge in [-0.15, -0.1) is 0 Å². The number of ether oxygens (including phenoxy) is 1. The molecule has 0 unspecified atom stereocenters. The van der Waals surface area contributed by atoms with Gasteiger partial charge in [0.25, 0.3) is 5.91 Å². The van der Waals surface area contributed by atoms with Crippen LogP contribution in [-0.4, -0.2) is 41.6 Å². The first-order chi connectivity index (χ1) is 9.45. The molecule has 0 aromatic heterocycles. The molecule has 0 heterocycles. The lowest BCUT2D eigenvalue weighted by Gasteiger charge is -2.20. The van der Waals surface area contributed by atoms with Crippen LogP contribution in [-0.2, 0) is 9.59 Å². The zero-order chi connectivity index (χ0) is 15.1. The van der Waals surface area contributed by atoms with Crippen LogP contribution in [0.5, 0.6) is 5.75 Å². The molecule has 0 saturated carbocycles. The first-order valence-electron chi connectivity index (χ1n) is 6.33. The molecule has 0 radical (unpaired) electrons. The molecule has 110 valence electrons. The first-order valence-corrected chi connectivity index (χ1v) is 6.71. The fourth-order valence-electron chi connectivity index (χ4n) is 1.66. The third kappa shape index (κ3) is 4.74. The van der Waals surface area contributed by atoms with Crippen LogP contribution in [0.2, 0.25) is 5.02 Å². The molecular formula is C14H18ClNO4. The summed E-state index contributed by atoms with van der Waals surface area (Å²) >= 11 is 5.96. The van der Waals surface area contributed by atoms with Gasteiger partial charge in [0.1, 0.15) is 5.75 Å². The number of nitrogens with zero attached hydrogens (tertiary/aromatic N) is 1. The smallest absolute Gasteiger partial charge is 0.305 e. The predicted molar refractivity (Wildman–Crippen MR) is 76.2 cm³/mol. The number of hydrogen-bond acceptors (Lipinski definition) is 3. The molecule has 0 saturated heterocycles. The molecule has 5 nitrogen and oxygen atoms in total. The highest BCUT2D eigenvalue weighted by Gasteiger charge is 2.14. The third-order valence-electron chi connectivity index (χ3n) is 2.90. The quantitative estimate of drug-likeness (QED) is 0.839. The normalized spacial score (nSPS) is 10.2. The maximum Gasteiger partial charge on any atom is 0.305 e. The molecule has 0 bridgehead atoms. The van der Waals surface area contributed by atoms with Crippen molar-refractivity contribution in [2.75, 3.05) is 19.7 Å². The van der Waals surface area contributed by atoms with E-state index in [1.54, 1.807) is 25.1 Å². The Balaban J connectivity index is 2.56. The van der Waals surface area contributed by atoms with Crippen molar-refractivity contribution in [1.29, 1.82) is 0 Å². The van der Waals surface area contributed by atoms with E-state index in [1.807, 2.05) is 6.92 Å². The molecule has 0 fully saturated rings. The Morgan fingerprint density at radius 2 is 2.10 bits per heavy atom. The van der Waals surface area contributed by atoms with Gasteiger partial charge in [0.05, 0.1) is 6.42 Å². The molecule has 0 atom stereocenters. The number of hydrogen-bond donors (Lipinski definition) is 1. The number of benzene rings is 1. The van der Waals surface area contributed by atoms with E-state index in [1.165, 1.54) is 4.90 Å². The van der Waals surface area contributed by atoms with E-state index < -0.39 is 5.97 Å². The molecular weight excluding hydrogens is 282 g/mol. The van der Waals surface area contributed by atoms with Crippen LogP contribution >= 0.6 is 11.6 Å². The van der Waals surface area contributed by atoms with Crippen LogP contribution in [0.1, 0.15) is 18.9 Å². The summed E-state index contributed by atoms with van der Waals surface area (Å²) in [6, 6.07) is 5.23. The molecule has 1 rings (SSSR count). The highest BCUT2D eigenvalue weighted by atomic mass is 35.5. The summed E-state index contributed by atoms with van der Waals surface area (Å²) in [6.45, 7) is 4.11. The fraction of sp³-hybridized carbons (Fsp3) is 0.429. The number of amides is 1. The number of carbonyl (C=O) groups excluding carboxylic acids is 1. The molecule has 0 spiro atoms. The van der Waals surface area contributed by atoms with E-state index in [0.717, 1.165) is 5.56 Å². The molecule has 0 aliphatic rings. The third-order valence-corrected chi connectivity index (χ3v) is 3.31.